The summed E-state index contributed by atoms with van der Waals surface area (Å²) >= 11 is 0. The molecule has 0 heterocycles. The molecule has 0 saturated heterocycles. The van der Waals surface area contributed by atoms with E-state index in [0.29, 0.717) is 6.04 Å². The van der Waals surface area contributed by atoms with Gasteiger partial charge in [0.05, 0.1) is 6.10 Å². The van der Waals surface area contributed by atoms with E-state index in [2.05, 4.69) is 30.4 Å². The highest BCUT2D eigenvalue weighted by Gasteiger charge is 2.13. The van der Waals surface area contributed by atoms with Crippen molar-refractivity contribution in [1.29, 1.82) is 0 Å². The van der Waals surface area contributed by atoms with Gasteiger partial charge in [0.1, 0.15) is 0 Å². The van der Waals surface area contributed by atoms with E-state index in [1.54, 1.807) is 0 Å². The van der Waals surface area contributed by atoms with Gasteiger partial charge in [0.15, 0.2) is 0 Å². The SMILES string of the molecule is CC(O)CCNC(C)c1ccc2c(c1)CCC2. The van der Waals surface area contributed by atoms with Gasteiger partial charge in [-0.25, -0.2) is 0 Å². The van der Waals surface area contributed by atoms with E-state index in [-0.39, 0.29) is 6.10 Å². The first-order valence-electron chi connectivity index (χ1n) is 6.70. The first-order chi connectivity index (χ1) is 8.16. The van der Waals surface area contributed by atoms with Crippen LogP contribution in [0.1, 0.15) is 49.4 Å². The fourth-order valence-corrected chi connectivity index (χ4v) is 2.49. The van der Waals surface area contributed by atoms with Crippen molar-refractivity contribution in [3.05, 3.63) is 34.9 Å². The summed E-state index contributed by atoms with van der Waals surface area (Å²) in [6, 6.07) is 7.25. The molecular formula is C15H23NO. The van der Waals surface area contributed by atoms with Gasteiger partial charge in [-0.3, -0.25) is 0 Å². The lowest BCUT2D eigenvalue weighted by atomic mass is 10.0. The van der Waals surface area contributed by atoms with E-state index < -0.39 is 0 Å². The molecule has 1 aromatic carbocycles. The molecule has 0 spiro atoms. The van der Waals surface area contributed by atoms with Crippen LogP contribution in [0.25, 0.3) is 0 Å². The summed E-state index contributed by atoms with van der Waals surface area (Å²) in [4.78, 5) is 0. The number of nitrogens with one attached hydrogen (secondary N) is 1. The summed E-state index contributed by atoms with van der Waals surface area (Å²) in [5, 5.41) is 12.7. The van der Waals surface area contributed by atoms with Crippen LogP contribution in [-0.2, 0) is 12.8 Å². The quantitative estimate of drug-likeness (QED) is 0.819. The van der Waals surface area contributed by atoms with E-state index in [4.69, 9.17) is 0 Å². The van der Waals surface area contributed by atoms with Crippen molar-refractivity contribution in [2.24, 2.45) is 0 Å². The highest BCUT2D eigenvalue weighted by Crippen LogP contribution is 2.25. The van der Waals surface area contributed by atoms with Crippen molar-refractivity contribution in [2.45, 2.75) is 51.7 Å². The number of aliphatic hydroxyl groups excluding tert-OH is 1. The normalized spacial score (nSPS) is 17.8. The maximum atomic E-state index is 9.22. The monoisotopic (exact) mass is 233 g/mol. The van der Waals surface area contributed by atoms with Gasteiger partial charge < -0.3 is 10.4 Å². The van der Waals surface area contributed by atoms with Crippen molar-refractivity contribution >= 4 is 0 Å². The molecule has 0 aromatic heterocycles. The van der Waals surface area contributed by atoms with Crippen molar-refractivity contribution in [2.75, 3.05) is 6.54 Å². The van der Waals surface area contributed by atoms with Gasteiger partial charge in [0, 0.05) is 6.04 Å². The number of hydrogen-bond acceptors (Lipinski definition) is 2. The van der Waals surface area contributed by atoms with Crippen molar-refractivity contribution in [3.63, 3.8) is 0 Å². The molecule has 0 fully saturated rings. The number of fused-ring (bicyclic) bond motifs is 1. The van der Waals surface area contributed by atoms with Crippen molar-refractivity contribution in [3.8, 4) is 0 Å². The Balaban J connectivity index is 1.92. The summed E-state index contributed by atoms with van der Waals surface area (Å²) in [6.07, 6.45) is 4.40. The molecule has 0 radical (unpaired) electrons. The second-order valence-corrected chi connectivity index (χ2v) is 5.20. The Bertz CT molecular complexity index is 373. The molecule has 2 rings (SSSR count). The predicted octanol–water partition coefficient (Wildman–Crippen LogP) is 2.60. The first-order valence-corrected chi connectivity index (χ1v) is 6.70. The smallest absolute Gasteiger partial charge is 0.0524 e. The van der Waals surface area contributed by atoms with E-state index >= 15 is 0 Å². The predicted molar refractivity (Wildman–Crippen MR) is 71.2 cm³/mol. The molecule has 1 aliphatic carbocycles. The molecule has 2 N–H and O–H groups in total. The molecule has 2 heteroatoms. The molecule has 0 aliphatic heterocycles. The fourth-order valence-electron chi connectivity index (χ4n) is 2.49. The molecule has 0 bridgehead atoms. The lowest BCUT2D eigenvalue weighted by Gasteiger charge is -2.16. The van der Waals surface area contributed by atoms with Gasteiger partial charge in [-0.2, -0.15) is 0 Å². The Kier molecular flexibility index (Phi) is 4.19. The van der Waals surface area contributed by atoms with Crippen LogP contribution in [0.2, 0.25) is 0 Å². The second-order valence-electron chi connectivity index (χ2n) is 5.20. The van der Waals surface area contributed by atoms with E-state index in [9.17, 15) is 5.11 Å². The summed E-state index contributed by atoms with van der Waals surface area (Å²) in [5.74, 6) is 0. The van der Waals surface area contributed by atoms with Crippen LogP contribution in [0.5, 0.6) is 0 Å². The second kappa shape index (κ2) is 5.65. The lowest BCUT2D eigenvalue weighted by Crippen LogP contribution is -2.22. The zero-order chi connectivity index (χ0) is 12.3. The van der Waals surface area contributed by atoms with Crippen LogP contribution in [0.4, 0.5) is 0 Å². The van der Waals surface area contributed by atoms with E-state index in [1.165, 1.54) is 36.0 Å². The molecule has 1 aromatic rings. The first kappa shape index (κ1) is 12.6. The molecule has 2 atom stereocenters. The number of rotatable bonds is 5. The van der Waals surface area contributed by atoms with Gasteiger partial charge >= 0.3 is 0 Å². The van der Waals surface area contributed by atoms with Crippen LogP contribution >= 0.6 is 0 Å². The number of hydrogen-bond donors (Lipinski definition) is 2. The highest BCUT2D eigenvalue weighted by molar-refractivity contribution is 5.36. The topological polar surface area (TPSA) is 32.3 Å². The molecule has 17 heavy (non-hydrogen) atoms. The lowest BCUT2D eigenvalue weighted by molar-refractivity contribution is 0.182. The van der Waals surface area contributed by atoms with Crippen LogP contribution in [0, 0.1) is 0 Å². The number of aliphatic hydroxyl groups is 1. The standard InChI is InChI=1S/C15H23NO/c1-11(17)8-9-16-12(2)14-7-6-13-4-3-5-15(13)10-14/h6-7,10-12,16-17H,3-5,8-9H2,1-2H3. The molecule has 2 nitrogen and oxygen atoms in total. The molecular weight excluding hydrogens is 210 g/mol. The molecule has 1 aliphatic rings. The Hall–Kier alpha value is -0.860. The van der Waals surface area contributed by atoms with Gasteiger partial charge in [-0.05, 0) is 62.8 Å². The van der Waals surface area contributed by atoms with E-state index in [0.717, 1.165) is 13.0 Å². The minimum absolute atomic E-state index is 0.213. The zero-order valence-corrected chi connectivity index (χ0v) is 10.9. The minimum Gasteiger partial charge on any atom is -0.393 e. The average molecular weight is 233 g/mol. The Morgan fingerprint density at radius 2 is 2.00 bits per heavy atom. The molecule has 94 valence electrons. The summed E-state index contributed by atoms with van der Waals surface area (Å²) in [7, 11) is 0. The fraction of sp³-hybridized carbons (Fsp3) is 0.600. The molecule has 0 saturated carbocycles. The zero-order valence-electron chi connectivity index (χ0n) is 10.9. The third-order valence-electron chi connectivity index (χ3n) is 3.64. The number of benzene rings is 1. The maximum absolute atomic E-state index is 9.22. The Labute approximate surface area is 104 Å². The number of aryl methyl sites for hydroxylation is 2. The Morgan fingerprint density at radius 1 is 1.24 bits per heavy atom. The third kappa shape index (κ3) is 3.30. The molecule has 2 unspecified atom stereocenters. The Morgan fingerprint density at radius 3 is 2.76 bits per heavy atom. The van der Waals surface area contributed by atoms with Crippen LogP contribution < -0.4 is 5.32 Å². The van der Waals surface area contributed by atoms with Crippen LogP contribution in [0.15, 0.2) is 18.2 Å². The summed E-state index contributed by atoms with van der Waals surface area (Å²) < 4.78 is 0. The van der Waals surface area contributed by atoms with Gasteiger partial charge in [0.2, 0.25) is 0 Å². The third-order valence-corrected chi connectivity index (χ3v) is 3.64. The van der Waals surface area contributed by atoms with Crippen LogP contribution in [-0.4, -0.2) is 17.8 Å². The average Bonchev–Trinajstić information content (AvgIpc) is 2.75. The molecule has 0 amide bonds. The van der Waals surface area contributed by atoms with Gasteiger partial charge in [0.25, 0.3) is 0 Å². The maximum Gasteiger partial charge on any atom is 0.0524 e. The largest absolute Gasteiger partial charge is 0.393 e. The van der Waals surface area contributed by atoms with E-state index in [1.807, 2.05) is 6.92 Å². The van der Waals surface area contributed by atoms with Crippen LogP contribution in [0.3, 0.4) is 0 Å². The highest BCUT2D eigenvalue weighted by atomic mass is 16.3. The van der Waals surface area contributed by atoms with Gasteiger partial charge in [-0.15, -0.1) is 0 Å². The summed E-state index contributed by atoms with van der Waals surface area (Å²) in [6.45, 7) is 4.90. The summed E-state index contributed by atoms with van der Waals surface area (Å²) in [5.41, 5.74) is 4.44. The van der Waals surface area contributed by atoms with Crippen molar-refractivity contribution < 1.29 is 5.11 Å². The van der Waals surface area contributed by atoms with Crippen molar-refractivity contribution in [1.82, 2.24) is 5.32 Å². The van der Waals surface area contributed by atoms with Gasteiger partial charge in [-0.1, -0.05) is 18.2 Å². The minimum atomic E-state index is -0.213.